The first-order valence-electron chi connectivity index (χ1n) is 7.63. The SMILES string of the molecule is COc1ccccc1[C@H]1CCCN1S(=O)(=O)c1c(C)n[nH]c1C. The molecule has 7 heteroatoms. The van der Waals surface area contributed by atoms with Gasteiger partial charge in [-0.2, -0.15) is 9.40 Å². The van der Waals surface area contributed by atoms with Gasteiger partial charge in [0.2, 0.25) is 10.0 Å². The standard InChI is InChI=1S/C16H21N3O3S/c1-11-16(12(2)18-17-11)23(20,21)19-10-6-8-14(19)13-7-4-5-9-15(13)22-3/h4-5,7,9,14H,6,8,10H2,1-3H3,(H,17,18)/t14-/m1/s1. The van der Waals surface area contributed by atoms with Gasteiger partial charge < -0.3 is 4.74 Å². The van der Waals surface area contributed by atoms with Crippen LogP contribution in [0.1, 0.15) is 35.8 Å². The van der Waals surface area contributed by atoms with Crippen LogP contribution in [0.25, 0.3) is 0 Å². The van der Waals surface area contributed by atoms with Gasteiger partial charge in [0.25, 0.3) is 0 Å². The van der Waals surface area contributed by atoms with E-state index in [2.05, 4.69) is 10.2 Å². The van der Waals surface area contributed by atoms with E-state index in [9.17, 15) is 8.42 Å². The lowest BCUT2D eigenvalue weighted by Crippen LogP contribution is -2.31. The van der Waals surface area contributed by atoms with Crippen LogP contribution in [-0.4, -0.2) is 36.6 Å². The van der Waals surface area contributed by atoms with Gasteiger partial charge in [0.1, 0.15) is 10.6 Å². The Hall–Kier alpha value is -1.86. The number of aromatic amines is 1. The third-order valence-electron chi connectivity index (χ3n) is 4.33. The maximum Gasteiger partial charge on any atom is 0.247 e. The molecule has 23 heavy (non-hydrogen) atoms. The van der Waals surface area contributed by atoms with Gasteiger partial charge in [0, 0.05) is 12.1 Å². The maximum absolute atomic E-state index is 13.1. The summed E-state index contributed by atoms with van der Waals surface area (Å²) in [5.41, 5.74) is 2.00. The second kappa shape index (κ2) is 5.98. The van der Waals surface area contributed by atoms with Crippen molar-refractivity contribution >= 4 is 10.0 Å². The molecule has 1 aliphatic rings. The molecule has 6 nitrogen and oxygen atoms in total. The van der Waals surface area contributed by atoms with E-state index in [0.29, 0.717) is 22.8 Å². The van der Waals surface area contributed by atoms with E-state index >= 15 is 0 Å². The number of aromatic nitrogens is 2. The fourth-order valence-corrected chi connectivity index (χ4v) is 5.33. The van der Waals surface area contributed by atoms with Gasteiger partial charge in [-0.05, 0) is 32.8 Å². The Morgan fingerprint density at radius 3 is 2.70 bits per heavy atom. The van der Waals surface area contributed by atoms with Crippen molar-refractivity contribution in [3.63, 3.8) is 0 Å². The summed E-state index contributed by atoms with van der Waals surface area (Å²) in [6.07, 6.45) is 1.62. The summed E-state index contributed by atoms with van der Waals surface area (Å²) in [7, 11) is -1.99. The molecule has 1 aromatic carbocycles. The minimum Gasteiger partial charge on any atom is -0.496 e. The summed E-state index contributed by atoms with van der Waals surface area (Å²) in [4.78, 5) is 0.291. The van der Waals surface area contributed by atoms with Crippen molar-refractivity contribution in [1.29, 1.82) is 0 Å². The Labute approximate surface area is 136 Å². The first-order valence-corrected chi connectivity index (χ1v) is 9.07. The lowest BCUT2D eigenvalue weighted by molar-refractivity contribution is 0.366. The highest BCUT2D eigenvalue weighted by atomic mass is 32.2. The minimum atomic E-state index is -3.59. The third kappa shape index (κ3) is 2.64. The number of sulfonamides is 1. The van der Waals surface area contributed by atoms with E-state index in [4.69, 9.17) is 4.74 Å². The zero-order chi connectivity index (χ0) is 16.6. The van der Waals surface area contributed by atoms with Crippen molar-refractivity contribution < 1.29 is 13.2 Å². The summed E-state index contributed by atoms with van der Waals surface area (Å²) in [6.45, 7) is 3.96. The van der Waals surface area contributed by atoms with Gasteiger partial charge in [-0.3, -0.25) is 5.10 Å². The Morgan fingerprint density at radius 1 is 1.30 bits per heavy atom. The van der Waals surface area contributed by atoms with Crippen LogP contribution >= 0.6 is 0 Å². The van der Waals surface area contributed by atoms with Gasteiger partial charge in [-0.15, -0.1) is 0 Å². The monoisotopic (exact) mass is 335 g/mol. The molecular weight excluding hydrogens is 314 g/mol. The molecule has 0 unspecified atom stereocenters. The van der Waals surface area contributed by atoms with E-state index < -0.39 is 10.0 Å². The molecule has 1 saturated heterocycles. The van der Waals surface area contributed by atoms with Gasteiger partial charge in [-0.1, -0.05) is 18.2 Å². The zero-order valence-corrected chi connectivity index (χ0v) is 14.4. The van der Waals surface area contributed by atoms with Crippen LogP contribution in [-0.2, 0) is 10.0 Å². The Kier molecular flexibility index (Phi) is 4.16. The molecule has 2 aromatic rings. The molecule has 0 spiro atoms. The lowest BCUT2D eigenvalue weighted by Gasteiger charge is -2.25. The largest absolute Gasteiger partial charge is 0.496 e. The second-order valence-electron chi connectivity index (χ2n) is 5.78. The average Bonchev–Trinajstić information content (AvgIpc) is 3.14. The number of rotatable bonds is 4. The summed E-state index contributed by atoms with van der Waals surface area (Å²) in [5.74, 6) is 0.722. The molecule has 0 amide bonds. The van der Waals surface area contributed by atoms with E-state index in [1.807, 2.05) is 24.3 Å². The molecule has 0 aliphatic carbocycles. The first-order chi connectivity index (χ1) is 11.0. The van der Waals surface area contributed by atoms with E-state index in [-0.39, 0.29) is 6.04 Å². The van der Waals surface area contributed by atoms with Crippen LogP contribution < -0.4 is 4.74 Å². The maximum atomic E-state index is 13.1. The minimum absolute atomic E-state index is 0.204. The van der Waals surface area contributed by atoms with Crippen molar-refractivity contribution in [3.05, 3.63) is 41.2 Å². The van der Waals surface area contributed by atoms with Crippen molar-refractivity contribution in [2.75, 3.05) is 13.7 Å². The predicted octanol–water partition coefficient (Wildman–Crippen LogP) is 2.56. The van der Waals surface area contributed by atoms with Crippen LogP contribution in [0.4, 0.5) is 0 Å². The fraction of sp³-hybridized carbons (Fsp3) is 0.438. The molecular formula is C16H21N3O3S. The average molecular weight is 335 g/mol. The first kappa shape index (κ1) is 16.0. The summed E-state index contributed by atoms with van der Waals surface area (Å²) in [5, 5.41) is 6.79. The molecule has 1 atom stereocenters. The summed E-state index contributed by atoms with van der Waals surface area (Å²) in [6, 6.07) is 7.40. The highest BCUT2D eigenvalue weighted by Crippen LogP contribution is 2.40. The quantitative estimate of drug-likeness (QED) is 0.932. The number of nitrogens with one attached hydrogen (secondary N) is 1. The second-order valence-corrected chi connectivity index (χ2v) is 7.61. The van der Waals surface area contributed by atoms with Crippen LogP contribution in [0, 0.1) is 13.8 Å². The van der Waals surface area contributed by atoms with Crippen molar-refractivity contribution in [1.82, 2.24) is 14.5 Å². The number of para-hydroxylation sites is 1. The Bertz CT molecular complexity index is 794. The Morgan fingerprint density at radius 2 is 2.04 bits per heavy atom. The topological polar surface area (TPSA) is 75.3 Å². The molecule has 1 N–H and O–H groups in total. The molecule has 2 heterocycles. The molecule has 124 valence electrons. The zero-order valence-electron chi connectivity index (χ0n) is 13.5. The van der Waals surface area contributed by atoms with Crippen LogP contribution in [0.15, 0.2) is 29.2 Å². The highest BCUT2D eigenvalue weighted by molar-refractivity contribution is 7.89. The number of benzene rings is 1. The molecule has 0 radical (unpaired) electrons. The van der Waals surface area contributed by atoms with Crippen molar-refractivity contribution in [2.24, 2.45) is 0 Å². The summed E-state index contributed by atoms with van der Waals surface area (Å²) < 4.78 is 33.3. The van der Waals surface area contributed by atoms with Crippen LogP contribution in [0.3, 0.4) is 0 Å². The van der Waals surface area contributed by atoms with E-state index in [1.165, 1.54) is 0 Å². The predicted molar refractivity (Wildman–Crippen MR) is 86.9 cm³/mol. The van der Waals surface area contributed by atoms with Gasteiger partial charge in [0.05, 0.1) is 24.5 Å². The van der Waals surface area contributed by atoms with Gasteiger partial charge in [0.15, 0.2) is 0 Å². The van der Waals surface area contributed by atoms with Crippen LogP contribution in [0.5, 0.6) is 5.75 Å². The van der Waals surface area contributed by atoms with Gasteiger partial charge >= 0.3 is 0 Å². The number of methoxy groups -OCH3 is 1. The number of ether oxygens (including phenoxy) is 1. The van der Waals surface area contributed by atoms with Crippen molar-refractivity contribution in [3.8, 4) is 5.75 Å². The number of aryl methyl sites for hydroxylation is 2. The smallest absolute Gasteiger partial charge is 0.247 e. The lowest BCUT2D eigenvalue weighted by atomic mass is 10.0. The number of nitrogens with zero attached hydrogens (tertiary/aromatic N) is 2. The molecule has 1 fully saturated rings. The third-order valence-corrected chi connectivity index (χ3v) is 6.50. The van der Waals surface area contributed by atoms with Crippen molar-refractivity contribution in [2.45, 2.75) is 37.6 Å². The molecule has 1 aliphatic heterocycles. The summed E-state index contributed by atoms with van der Waals surface area (Å²) >= 11 is 0. The Balaban J connectivity index is 2.05. The normalized spacial score (nSPS) is 19.2. The number of H-pyrrole nitrogens is 1. The van der Waals surface area contributed by atoms with E-state index in [1.54, 1.807) is 25.3 Å². The van der Waals surface area contributed by atoms with Gasteiger partial charge in [-0.25, -0.2) is 8.42 Å². The number of hydrogen-bond donors (Lipinski definition) is 1. The highest BCUT2D eigenvalue weighted by Gasteiger charge is 2.39. The van der Waals surface area contributed by atoms with Crippen LogP contribution in [0.2, 0.25) is 0 Å². The molecule has 3 rings (SSSR count). The molecule has 0 saturated carbocycles. The molecule has 1 aromatic heterocycles. The molecule has 0 bridgehead atoms. The fourth-order valence-electron chi connectivity index (χ4n) is 3.32. The number of hydrogen-bond acceptors (Lipinski definition) is 4. The van der Waals surface area contributed by atoms with E-state index in [0.717, 1.165) is 24.2 Å².